The van der Waals surface area contributed by atoms with E-state index in [1.807, 2.05) is 16.8 Å². The Morgan fingerprint density at radius 2 is 2.19 bits per heavy atom. The highest BCUT2D eigenvalue weighted by Gasteiger charge is 2.07. The topological polar surface area (TPSA) is 39.4 Å². The largest absolute Gasteiger partial charge is 0.381 e. The second-order valence-electron chi connectivity index (χ2n) is 3.92. The number of ether oxygens (including phenoxy) is 1. The third kappa shape index (κ3) is 1.72. The van der Waals surface area contributed by atoms with Crippen LogP contribution in [0.4, 0.5) is 0 Å². The number of rotatable bonds is 1. The molecule has 82 valence electrons. The van der Waals surface area contributed by atoms with Crippen LogP contribution < -0.4 is 0 Å². The normalized spacial score (nSPS) is 16.6. The smallest absolute Gasteiger partial charge is 0.146 e. The molecule has 2 aromatic rings. The molecule has 1 aliphatic rings. The van der Waals surface area contributed by atoms with Crippen LogP contribution in [-0.2, 0) is 4.74 Å². The standard InChI is InChI=1S/C12H13N3O/c1-5-16-6-2-10(1)7-11-8-13-9-15-4-3-14-12(11)15/h3-4,7-9H,1-2,5-6H2. The Morgan fingerprint density at radius 1 is 1.31 bits per heavy atom. The molecule has 4 heteroatoms. The van der Waals surface area contributed by atoms with Gasteiger partial charge in [-0.1, -0.05) is 11.6 Å². The predicted molar refractivity (Wildman–Crippen MR) is 61.0 cm³/mol. The van der Waals surface area contributed by atoms with Crippen LogP contribution in [-0.4, -0.2) is 27.6 Å². The van der Waals surface area contributed by atoms with Crippen LogP contribution in [0.5, 0.6) is 0 Å². The number of aromatic nitrogens is 3. The highest BCUT2D eigenvalue weighted by atomic mass is 16.5. The first-order chi connectivity index (χ1) is 7.93. The van der Waals surface area contributed by atoms with Gasteiger partial charge in [0.05, 0.1) is 13.2 Å². The van der Waals surface area contributed by atoms with Gasteiger partial charge in [-0.3, -0.25) is 4.40 Å². The minimum atomic E-state index is 0.830. The maximum Gasteiger partial charge on any atom is 0.146 e. The van der Waals surface area contributed by atoms with Gasteiger partial charge in [-0.25, -0.2) is 9.97 Å². The maximum atomic E-state index is 5.33. The van der Waals surface area contributed by atoms with E-state index in [0.29, 0.717) is 0 Å². The van der Waals surface area contributed by atoms with Crippen molar-refractivity contribution in [1.29, 1.82) is 0 Å². The Kier molecular flexibility index (Phi) is 2.42. The predicted octanol–water partition coefficient (Wildman–Crippen LogP) is 1.92. The zero-order valence-corrected chi connectivity index (χ0v) is 8.97. The molecule has 0 amide bonds. The van der Waals surface area contributed by atoms with Crippen LogP contribution >= 0.6 is 0 Å². The van der Waals surface area contributed by atoms with Crippen molar-refractivity contribution < 1.29 is 4.74 Å². The molecule has 0 bridgehead atoms. The van der Waals surface area contributed by atoms with Crippen molar-refractivity contribution in [3.05, 3.63) is 36.1 Å². The van der Waals surface area contributed by atoms with Gasteiger partial charge < -0.3 is 4.74 Å². The quantitative estimate of drug-likeness (QED) is 0.729. The molecular weight excluding hydrogens is 202 g/mol. The van der Waals surface area contributed by atoms with Crippen molar-refractivity contribution >= 4 is 11.7 Å². The molecule has 0 unspecified atom stereocenters. The van der Waals surface area contributed by atoms with Crippen LogP contribution in [0, 0.1) is 0 Å². The Labute approximate surface area is 93.6 Å². The van der Waals surface area contributed by atoms with Gasteiger partial charge in [0.1, 0.15) is 12.0 Å². The van der Waals surface area contributed by atoms with Crippen LogP contribution in [0.3, 0.4) is 0 Å². The molecule has 3 rings (SSSR count). The molecule has 1 aliphatic heterocycles. The van der Waals surface area contributed by atoms with Gasteiger partial charge in [-0.05, 0) is 12.8 Å². The van der Waals surface area contributed by atoms with Gasteiger partial charge in [0.2, 0.25) is 0 Å². The van der Waals surface area contributed by atoms with E-state index in [2.05, 4.69) is 16.0 Å². The summed E-state index contributed by atoms with van der Waals surface area (Å²) in [7, 11) is 0. The summed E-state index contributed by atoms with van der Waals surface area (Å²) >= 11 is 0. The summed E-state index contributed by atoms with van der Waals surface area (Å²) in [4.78, 5) is 8.53. The van der Waals surface area contributed by atoms with E-state index < -0.39 is 0 Å². The highest BCUT2D eigenvalue weighted by Crippen LogP contribution is 2.18. The molecule has 2 aromatic heterocycles. The average Bonchev–Trinajstić information content (AvgIpc) is 2.80. The Morgan fingerprint density at radius 3 is 3.06 bits per heavy atom. The van der Waals surface area contributed by atoms with Gasteiger partial charge >= 0.3 is 0 Å². The van der Waals surface area contributed by atoms with Crippen molar-refractivity contribution in [1.82, 2.24) is 14.4 Å². The summed E-state index contributed by atoms with van der Waals surface area (Å²) in [5, 5.41) is 0. The van der Waals surface area contributed by atoms with E-state index in [-0.39, 0.29) is 0 Å². The highest BCUT2D eigenvalue weighted by molar-refractivity contribution is 5.66. The molecule has 0 spiro atoms. The SMILES string of the molecule is C(=C1CCOCC1)c1cncn2ccnc12. The molecule has 0 aromatic carbocycles. The summed E-state index contributed by atoms with van der Waals surface area (Å²) in [5.41, 5.74) is 3.47. The summed E-state index contributed by atoms with van der Waals surface area (Å²) in [5.74, 6) is 0. The summed E-state index contributed by atoms with van der Waals surface area (Å²) < 4.78 is 7.27. The fourth-order valence-electron chi connectivity index (χ4n) is 1.97. The lowest BCUT2D eigenvalue weighted by Crippen LogP contribution is -2.07. The van der Waals surface area contributed by atoms with E-state index >= 15 is 0 Å². The average molecular weight is 215 g/mol. The zero-order chi connectivity index (χ0) is 10.8. The molecule has 0 atom stereocenters. The fraction of sp³-hybridized carbons (Fsp3) is 0.333. The first-order valence-electron chi connectivity index (χ1n) is 5.47. The van der Waals surface area contributed by atoms with Crippen molar-refractivity contribution in [3.8, 4) is 0 Å². The van der Waals surface area contributed by atoms with Crippen molar-refractivity contribution in [2.24, 2.45) is 0 Å². The molecule has 0 N–H and O–H groups in total. The van der Waals surface area contributed by atoms with E-state index in [9.17, 15) is 0 Å². The third-order valence-electron chi connectivity index (χ3n) is 2.83. The lowest BCUT2D eigenvalue weighted by atomic mass is 10.1. The zero-order valence-electron chi connectivity index (χ0n) is 8.97. The molecule has 1 saturated heterocycles. The van der Waals surface area contributed by atoms with Crippen LogP contribution in [0.2, 0.25) is 0 Å². The Balaban J connectivity index is 2.01. The molecule has 0 aliphatic carbocycles. The van der Waals surface area contributed by atoms with E-state index in [1.54, 1.807) is 12.5 Å². The lowest BCUT2D eigenvalue weighted by molar-refractivity contribution is 0.119. The summed E-state index contributed by atoms with van der Waals surface area (Å²) in [6.45, 7) is 1.66. The molecule has 16 heavy (non-hydrogen) atoms. The number of hydrogen-bond donors (Lipinski definition) is 0. The molecular formula is C12H13N3O. The molecule has 4 nitrogen and oxygen atoms in total. The lowest BCUT2D eigenvalue weighted by Gasteiger charge is -2.14. The van der Waals surface area contributed by atoms with E-state index in [1.165, 1.54) is 5.57 Å². The summed E-state index contributed by atoms with van der Waals surface area (Å²) in [6, 6.07) is 0. The number of hydrogen-bond acceptors (Lipinski definition) is 3. The Bertz CT molecular complexity index is 522. The summed E-state index contributed by atoms with van der Waals surface area (Å²) in [6.07, 6.45) is 11.6. The molecule has 3 heterocycles. The second-order valence-corrected chi connectivity index (χ2v) is 3.92. The van der Waals surface area contributed by atoms with Crippen LogP contribution in [0.1, 0.15) is 18.4 Å². The second kappa shape index (κ2) is 4.06. The monoisotopic (exact) mass is 215 g/mol. The Hall–Kier alpha value is -1.68. The van der Waals surface area contributed by atoms with Gasteiger partial charge in [-0.2, -0.15) is 0 Å². The molecule has 0 saturated carbocycles. The van der Waals surface area contributed by atoms with Crippen LogP contribution in [0.15, 0.2) is 30.5 Å². The molecule has 0 radical (unpaired) electrons. The number of nitrogens with zero attached hydrogens (tertiary/aromatic N) is 3. The van der Waals surface area contributed by atoms with Gasteiger partial charge in [0.15, 0.2) is 0 Å². The maximum absolute atomic E-state index is 5.33. The third-order valence-corrected chi connectivity index (χ3v) is 2.83. The van der Waals surface area contributed by atoms with E-state index in [0.717, 1.165) is 37.3 Å². The minimum absolute atomic E-state index is 0.830. The van der Waals surface area contributed by atoms with Crippen LogP contribution in [0.25, 0.3) is 11.7 Å². The van der Waals surface area contributed by atoms with Crippen molar-refractivity contribution in [3.63, 3.8) is 0 Å². The number of imidazole rings is 1. The van der Waals surface area contributed by atoms with Gasteiger partial charge in [-0.15, -0.1) is 0 Å². The van der Waals surface area contributed by atoms with Gasteiger partial charge in [0, 0.05) is 24.2 Å². The molecule has 1 fully saturated rings. The van der Waals surface area contributed by atoms with Gasteiger partial charge in [0.25, 0.3) is 0 Å². The first-order valence-corrected chi connectivity index (χ1v) is 5.47. The number of fused-ring (bicyclic) bond motifs is 1. The van der Waals surface area contributed by atoms with E-state index in [4.69, 9.17) is 4.74 Å². The first kappa shape index (κ1) is 9.54. The van der Waals surface area contributed by atoms with Crippen molar-refractivity contribution in [2.45, 2.75) is 12.8 Å². The minimum Gasteiger partial charge on any atom is -0.381 e. The van der Waals surface area contributed by atoms with Crippen molar-refractivity contribution in [2.75, 3.05) is 13.2 Å². The fourth-order valence-corrected chi connectivity index (χ4v) is 1.97.